The van der Waals surface area contributed by atoms with Crippen LogP contribution in [0, 0.1) is 11.8 Å². The number of rotatable bonds is 5. The Labute approximate surface area is 123 Å². The summed E-state index contributed by atoms with van der Waals surface area (Å²) in [6.45, 7) is 4.37. The summed E-state index contributed by atoms with van der Waals surface area (Å²) in [5.41, 5.74) is 1.21. The minimum atomic E-state index is -0.0398. The van der Waals surface area contributed by atoms with Gasteiger partial charge in [-0.05, 0) is 30.7 Å². The molecule has 1 aromatic rings. The SMILES string of the molecule is CC(C)C[C@@H](Br)[C@@H]1C[C@@H](Cc2ccccc2)C(=O)O1. The van der Waals surface area contributed by atoms with E-state index in [1.165, 1.54) is 5.56 Å². The summed E-state index contributed by atoms with van der Waals surface area (Å²) in [7, 11) is 0. The number of cyclic esters (lactones) is 1. The third-order valence-corrected chi connectivity index (χ3v) is 4.51. The van der Waals surface area contributed by atoms with Gasteiger partial charge in [-0.3, -0.25) is 4.79 Å². The van der Waals surface area contributed by atoms with Crippen LogP contribution in [0.15, 0.2) is 30.3 Å². The van der Waals surface area contributed by atoms with Crippen LogP contribution >= 0.6 is 15.9 Å². The quantitative estimate of drug-likeness (QED) is 0.605. The van der Waals surface area contributed by atoms with E-state index >= 15 is 0 Å². The highest BCUT2D eigenvalue weighted by atomic mass is 79.9. The number of alkyl halides is 1. The Balaban J connectivity index is 1.92. The molecular weight excluding hydrogens is 304 g/mol. The van der Waals surface area contributed by atoms with Crippen molar-refractivity contribution in [1.82, 2.24) is 0 Å². The first kappa shape index (κ1) is 14.6. The molecule has 19 heavy (non-hydrogen) atoms. The Morgan fingerprint density at radius 2 is 2.00 bits per heavy atom. The molecule has 104 valence electrons. The first-order valence-corrected chi connectivity index (χ1v) is 7.86. The Kier molecular flexibility index (Phi) is 5.03. The van der Waals surface area contributed by atoms with Crippen LogP contribution in [-0.2, 0) is 16.0 Å². The number of halogens is 1. The molecular formula is C16H21BrO2. The zero-order valence-corrected chi connectivity index (χ0v) is 13.1. The lowest BCUT2D eigenvalue weighted by atomic mass is 9.94. The van der Waals surface area contributed by atoms with Crippen LogP contribution in [0.2, 0.25) is 0 Å². The molecule has 0 amide bonds. The Morgan fingerprint density at radius 3 is 2.63 bits per heavy atom. The number of hydrogen-bond donors (Lipinski definition) is 0. The largest absolute Gasteiger partial charge is 0.461 e. The van der Waals surface area contributed by atoms with Crippen molar-refractivity contribution < 1.29 is 9.53 Å². The van der Waals surface area contributed by atoms with Crippen LogP contribution in [-0.4, -0.2) is 16.9 Å². The second kappa shape index (κ2) is 6.56. The van der Waals surface area contributed by atoms with E-state index in [2.05, 4.69) is 41.9 Å². The molecule has 1 aliphatic rings. The Morgan fingerprint density at radius 1 is 1.32 bits per heavy atom. The lowest BCUT2D eigenvalue weighted by Gasteiger charge is -2.18. The second-order valence-corrected chi connectivity index (χ2v) is 6.92. The molecule has 0 N–H and O–H groups in total. The van der Waals surface area contributed by atoms with Gasteiger partial charge in [0.05, 0.1) is 10.7 Å². The molecule has 0 radical (unpaired) electrons. The molecule has 1 aliphatic heterocycles. The van der Waals surface area contributed by atoms with Crippen LogP contribution in [0.25, 0.3) is 0 Å². The van der Waals surface area contributed by atoms with Gasteiger partial charge in [-0.2, -0.15) is 0 Å². The third kappa shape index (κ3) is 4.07. The van der Waals surface area contributed by atoms with Gasteiger partial charge in [0.1, 0.15) is 6.10 Å². The van der Waals surface area contributed by atoms with Gasteiger partial charge in [-0.1, -0.05) is 60.1 Å². The molecule has 1 heterocycles. The van der Waals surface area contributed by atoms with E-state index in [0.717, 1.165) is 19.3 Å². The van der Waals surface area contributed by atoms with Gasteiger partial charge in [0.2, 0.25) is 0 Å². The van der Waals surface area contributed by atoms with Crippen molar-refractivity contribution in [3.8, 4) is 0 Å². The minimum absolute atomic E-state index is 0.0135. The fourth-order valence-corrected chi connectivity index (χ4v) is 3.63. The van der Waals surface area contributed by atoms with Crippen LogP contribution in [0.5, 0.6) is 0 Å². The average molecular weight is 325 g/mol. The van der Waals surface area contributed by atoms with E-state index in [1.807, 2.05) is 18.2 Å². The molecule has 0 spiro atoms. The molecule has 1 saturated heterocycles. The molecule has 0 aliphatic carbocycles. The fourth-order valence-electron chi connectivity index (χ4n) is 2.56. The van der Waals surface area contributed by atoms with E-state index < -0.39 is 0 Å². The Bertz CT molecular complexity index is 416. The molecule has 2 rings (SSSR count). The topological polar surface area (TPSA) is 26.3 Å². The number of benzene rings is 1. The molecule has 3 atom stereocenters. The molecule has 3 heteroatoms. The summed E-state index contributed by atoms with van der Waals surface area (Å²) in [4.78, 5) is 12.2. The standard InChI is InChI=1S/C16H21BrO2/c1-11(2)8-14(17)15-10-13(16(18)19-15)9-12-6-4-3-5-7-12/h3-7,11,13-15H,8-10H2,1-2H3/t13-,14-,15+/m1/s1. The summed E-state index contributed by atoms with van der Waals surface area (Å²) >= 11 is 3.67. The van der Waals surface area contributed by atoms with Crippen molar-refractivity contribution in [2.45, 2.75) is 44.0 Å². The second-order valence-electron chi connectivity index (χ2n) is 5.74. The molecule has 0 bridgehead atoms. The van der Waals surface area contributed by atoms with Gasteiger partial charge in [-0.25, -0.2) is 0 Å². The number of carbonyl (C=O) groups excluding carboxylic acids is 1. The maximum atomic E-state index is 11.9. The Hall–Kier alpha value is -0.830. The highest BCUT2D eigenvalue weighted by molar-refractivity contribution is 9.09. The lowest BCUT2D eigenvalue weighted by Crippen LogP contribution is -2.21. The number of carbonyl (C=O) groups is 1. The van der Waals surface area contributed by atoms with Gasteiger partial charge in [0.25, 0.3) is 0 Å². The van der Waals surface area contributed by atoms with E-state index in [0.29, 0.717) is 5.92 Å². The van der Waals surface area contributed by atoms with Crippen LogP contribution in [0.3, 0.4) is 0 Å². The summed E-state index contributed by atoms with van der Waals surface area (Å²) < 4.78 is 5.52. The maximum Gasteiger partial charge on any atom is 0.309 e. The highest BCUT2D eigenvalue weighted by Gasteiger charge is 2.37. The molecule has 1 aromatic carbocycles. The average Bonchev–Trinajstić information content (AvgIpc) is 2.72. The fraction of sp³-hybridized carbons (Fsp3) is 0.562. The summed E-state index contributed by atoms with van der Waals surface area (Å²) in [5, 5.41) is 0. The summed E-state index contributed by atoms with van der Waals surface area (Å²) in [6.07, 6.45) is 2.69. The van der Waals surface area contributed by atoms with Gasteiger partial charge in [-0.15, -0.1) is 0 Å². The highest BCUT2D eigenvalue weighted by Crippen LogP contribution is 2.31. The van der Waals surface area contributed by atoms with Crippen molar-refractivity contribution >= 4 is 21.9 Å². The van der Waals surface area contributed by atoms with E-state index in [9.17, 15) is 4.79 Å². The zero-order valence-electron chi connectivity index (χ0n) is 11.5. The molecule has 2 nitrogen and oxygen atoms in total. The van der Waals surface area contributed by atoms with E-state index in [1.54, 1.807) is 0 Å². The smallest absolute Gasteiger partial charge is 0.309 e. The lowest BCUT2D eigenvalue weighted by molar-refractivity contribution is -0.144. The zero-order chi connectivity index (χ0) is 13.8. The van der Waals surface area contributed by atoms with Crippen molar-refractivity contribution in [2.75, 3.05) is 0 Å². The minimum Gasteiger partial charge on any atom is -0.461 e. The van der Waals surface area contributed by atoms with Crippen molar-refractivity contribution in [2.24, 2.45) is 11.8 Å². The van der Waals surface area contributed by atoms with Gasteiger partial charge in [0, 0.05) is 0 Å². The van der Waals surface area contributed by atoms with Gasteiger partial charge >= 0.3 is 5.97 Å². The van der Waals surface area contributed by atoms with Crippen LogP contribution in [0.4, 0.5) is 0 Å². The monoisotopic (exact) mass is 324 g/mol. The third-order valence-electron chi connectivity index (χ3n) is 3.54. The van der Waals surface area contributed by atoms with Gasteiger partial charge < -0.3 is 4.74 Å². The van der Waals surface area contributed by atoms with Crippen molar-refractivity contribution in [3.63, 3.8) is 0 Å². The van der Waals surface area contributed by atoms with E-state index in [-0.39, 0.29) is 22.8 Å². The first-order chi connectivity index (χ1) is 9.06. The number of ether oxygens (including phenoxy) is 1. The predicted molar refractivity (Wildman–Crippen MR) is 80.3 cm³/mol. The molecule has 0 saturated carbocycles. The first-order valence-electron chi connectivity index (χ1n) is 6.94. The van der Waals surface area contributed by atoms with Crippen LogP contribution < -0.4 is 0 Å². The predicted octanol–water partition coefficient (Wildman–Crippen LogP) is 3.97. The summed E-state index contributed by atoms with van der Waals surface area (Å²) in [6, 6.07) is 10.2. The summed E-state index contributed by atoms with van der Waals surface area (Å²) in [5.74, 6) is 0.581. The molecule has 0 aromatic heterocycles. The maximum absolute atomic E-state index is 11.9. The van der Waals surface area contributed by atoms with Crippen molar-refractivity contribution in [3.05, 3.63) is 35.9 Å². The van der Waals surface area contributed by atoms with Crippen molar-refractivity contribution in [1.29, 1.82) is 0 Å². The normalized spacial score (nSPS) is 24.5. The molecule has 1 fully saturated rings. The number of hydrogen-bond acceptors (Lipinski definition) is 2. The van der Waals surface area contributed by atoms with Gasteiger partial charge in [0.15, 0.2) is 0 Å². The van der Waals surface area contributed by atoms with Crippen LogP contribution in [0.1, 0.15) is 32.3 Å². The number of esters is 1. The van der Waals surface area contributed by atoms with E-state index in [4.69, 9.17) is 4.74 Å². The molecule has 0 unspecified atom stereocenters.